The maximum atomic E-state index is 12.8. The molecule has 6 nitrogen and oxygen atoms in total. The number of hydrogen-bond acceptors (Lipinski definition) is 6. The van der Waals surface area contributed by atoms with E-state index in [0.717, 1.165) is 75.5 Å². The molecule has 59 heavy (non-hydrogen) atoms. The highest BCUT2D eigenvalue weighted by Crippen LogP contribution is 2.18. The second kappa shape index (κ2) is 44.5. The van der Waals surface area contributed by atoms with Gasteiger partial charge in [0.1, 0.15) is 13.2 Å². The number of ether oxygens (including phenoxy) is 3. The average molecular weight is 835 g/mol. The normalized spacial score (nSPS) is 12.6. The average Bonchev–Trinajstić information content (AvgIpc) is 3.20. The highest BCUT2D eigenvalue weighted by atomic mass is 16.6. The van der Waals surface area contributed by atoms with Crippen LogP contribution in [0.1, 0.15) is 286 Å². The predicted octanol–water partition coefficient (Wildman–Crippen LogP) is 16.8. The molecule has 0 saturated carbocycles. The van der Waals surface area contributed by atoms with Gasteiger partial charge < -0.3 is 14.2 Å². The summed E-state index contributed by atoms with van der Waals surface area (Å²) in [6.07, 6.45) is 43.8. The van der Waals surface area contributed by atoms with Gasteiger partial charge in [-0.2, -0.15) is 0 Å². The van der Waals surface area contributed by atoms with Crippen LogP contribution < -0.4 is 0 Å². The summed E-state index contributed by atoms with van der Waals surface area (Å²) in [5.41, 5.74) is 0. The number of carbonyl (C=O) groups excluding carboxylic acids is 3. The molecule has 6 heteroatoms. The summed E-state index contributed by atoms with van der Waals surface area (Å²) >= 11 is 0. The fourth-order valence-electron chi connectivity index (χ4n) is 7.91. The van der Waals surface area contributed by atoms with Crippen molar-refractivity contribution in [2.75, 3.05) is 13.2 Å². The van der Waals surface area contributed by atoms with Crippen LogP contribution in [-0.2, 0) is 28.6 Å². The van der Waals surface area contributed by atoms with Gasteiger partial charge in [-0.05, 0) is 37.0 Å². The third kappa shape index (κ3) is 45.8. The van der Waals surface area contributed by atoms with Crippen molar-refractivity contribution in [1.82, 2.24) is 0 Å². The van der Waals surface area contributed by atoms with Gasteiger partial charge >= 0.3 is 17.9 Å². The zero-order chi connectivity index (χ0) is 43.4. The maximum absolute atomic E-state index is 12.8. The van der Waals surface area contributed by atoms with Crippen LogP contribution in [0.15, 0.2) is 0 Å². The Labute approximate surface area is 368 Å². The van der Waals surface area contributed by atoms with Gasteiger partial charge in [0.05, 0.1) is 0 Å². The molecule has 2 atom stereocenters. The van der Waals surface area contributed by atoms with E-state index in [9.17, 15) is 14.4 Å². The zero-order valence-corrected chi connectivity index (χ0v) is 40.5. The molecular formula is C53H102O6. The van der Waals surface area contributed by atoms with Crippen molar-refractivity contribution in [3.05, 3.63) is 0 Å². The van der Waals surface area contributed by atoms with Gasteiger partial charge in [0.25, 0.3) is 0 Å². The molecule has 350 valence electrons. The Kier molecular flexibility index (Phi) is 43.3. The van der Waals surface area contributed by atoms with Gasteiger partial charge in [-0.15, -0.1) is 0 Å². The van der Waals surface area contributed by atoms with Crippen molar-refractivity contribution < 1.29 is 28.6 Å². The molecule has 0 spiro atoms. The molecule has 0 radical (unpaired) electrons. The number of unbranched alkanes of at least 4 members (excludes halogenated alkanes) is 28. The maximum Gasteiger partial charge on any atom is 0.306 e. The molecular weight excluding hydrogens is 733 g/mol. The van der Waals surface area contributed by atoms with E-state index >= 15 is 0 Å². The lowest BCUT2D eigenvalue weighted by atomic mass is 9.99. The van der Waals surface area contributed by atoms with Crippen molar-refractivity contribution in [3.63, 3.8) is 0 Å². The highest BCUT2D eigenvalue weighted by Gasteiger charge is 2.19. The van der Waals surface area contributed by atoms with E-state index in [1.54, 1.807) is 0 Å². The van der Waals surface area contributed by atoms with Gasteiger partial charge in [0.2, 0.25) is 0 Å². The van der Waals surface area contributed by atoms with Crippen molar-refractivity contribution in [2.24, 2.45) is 17.8 Å². The predicted molar refractivity (Wildman–Crippen MR) is 252 cm³/mol. The molecule has 1 unspecified atom stereocenters. The first kappa shape index (κ1) is 57.4. The lowest BCUT2D eigenvalue weighted by Gasteiger charge is -2.18. The van der Waals surface area contributed by atoms with E-state index in [0.29, 0.717) is 19.3 Å². The zero-order valence-electron chi connectivity index (χ0n) is 40.5. The third-order valence-electron chi connectivity index (χ3n) is 12.3. The summed E-state index contributed by atoms with van der Waals surface area (Å²) in [7, 11) is 0. The lowest BCUT2D eigenvalue weighted by Crippen LogP contribution is -2.30. The molecule has 0 rings (SSSR count). The summed E-state index contributed by atoms with van der Waals surface area (Å²) in [5, 5.41) is 0. The Morgan fingerprint density at radius 3 is 0.881 bits per heavy atom. The molecule has 0 aliphatic rings. The standard InChI is InChI=1S/C53H102O6/c1-7-49(6)41-35-29-23-16-12-10-8-9-11-13-17-24-30-36-42-51(54)57-45-50(46-58-52(55)43-37-31-25-20-19-22-28-34-40-48(4)5)59-53(56)44-38-32-26-18-14-15-21-27-33-39-47(2)3/h47-50H,7-46H2,1-6H3/t49?,50-/m1/s1. The molecule has 0 N–H and O–H groups in total. The van der Waals surface area contributed by atoms with Gasteiger partial charge in [-0.1, -0.05) is 247 Å². The van der Waals surface area contributed by atoms with Crippen LogP contribution in [-0.4, -0.2) is 37.2 Å². The second-order valence-corrected chi connectivity index (χ2v) is 19.4. The minimum atomic E-state index is -0.763. The van der Waals surface area contributed by atoms with Gasteiger partial charge in [0, 0.05) is 19.3 Å². The largest absolute Gasteiger partial charge is 0.462 e. The summed E-state index contributed by atoms with van der Waals surface area (Å²) in [4.78, 5) is 37.9. The van der Waals surface area contributed by atoms with E-state index in [-0.39, 0.29) is 31.1 Å². The van der Waals surface area contributed by atoms with Crippen molar-refractivity contribution in [3.8, 4) is 0 Å². The van der Waals surface area contributed by atoms with E-state index in [1.807, 2.05) is 0 Å². The smallest absolute Gasteiger partial charge is 0.306 e. The van der Waals surface area contributed by atoms with Gasteiger partial charge in [-0.25, -0.2) is 0 Å². The van der Waals surface area contributed by atoms with Gasteiger partial charge in [-0.3, -0.25) is 14.4 Å². The lowest BCUT2D eigenvalue weighted by molar-refractivity contribution is -0.167. The first-order valence-corrected chi connectivity index (χ1v) is 26.1. The molecule has 0 saturated heterocycles. The monoisotopic (exact) mass is 835 g/mol. The number of esters is 3. The minimum absolute atomic E-state index is 0.0651. The van der Waals surface area contributed by atoms with E-state index < -0.39 is 6.10 Å². The molecule has 0 bridgehead atoms. The van der Waals surface area contributed by atoms with E-state index in [1.165, 1.54) is 167 Å². The fraction of sp³-hybridized carbons (Fsp3) is 0.943. The number of rotatable bonds is 46. The van der Waals surface area contributed by atoms with Crippen LogP contribution >= 0.6 is 0 Å². The summed E-state index contributed by atoms with van der Waals surface area (Å²) in [5.74, 6) is 1.64. The van der Waals surface area contributed by atoms with Crippen LogP contribution in [0, 0.1) is 17.8 Å². The van der Waals surface area contributed by atoms with E-state index in [4.69, 9.17) is 14.2 Å². The third-order valence-corrected chi connectivity index (χ3v) is 12.3. The quantitative estimate of drug-likeness (QED) is 0.0345. The molecule has 0 heterocycles. The highest BCUT2D eigenvalue weighted by molar-refractivity contribution is 5.71. The first-order chi connectivity index (χ1) is 28.6. The second-order valence-electron chi connectivity index (χ2n) is 19.4. The van der Waals surface area contributed by atoms with Crippen molar-refractivity contribution >= 4 is 17.9 Å². The van der Waals surface area contributed by atoms with Crippen LogP contribution in [0.5, 0.6) is 0 Å². The molecule has 0 aliphatic heterocycles. The van der Waals surface area contributed by atoms with Crippen LogP contribution in [0.3, 0.4) is 0 Å². The minimum Gasteiger partial charge on any atom is -0.462 e. The Hall–Kier alpha value is -1.59. The Balaban J connectivity index is 4.27. The first-order valence-electron chi connectivity index (χ1n) is 26.1. The van der Waals surface area contributed by atoms with Crippen molar-refractivity contribution in [2.45, 2.75) is 292 Å². The van der Waals surface area contributed by atoms with E-state index in [2.05, 4.69) is 41.5 Å². The molecule has 0 aromatic heterocycles. The summed E-state index contributed by atoms with van der Waals surface area (Å²) in [6.45, 7) is 13.7. The topological polar surface area (TPSA) is 78.9 Å². The number of carbonyl (C=O) groups is 3. The Morgan fingerprint density at radius 1 is 0.339 bits per heavy atom. The molecule has 0 aromatic carbocycles. The molecule has 0 fully saturated rings. The van der Waals surface area contributed by atoms with Crippen LogP contribution in [0.2, 0.25) is 0 Å². The number of hydrogen-bond donors (Lipinski definition) is 0. The Morgan fingerprint density at radius 2 is 0.593 bits per heavy atom. The molecule has 0 aliphatic carbocycles. The van der Waals surface area contributed by atoms with Crippen molar-refractivity contribution in [1.29, 1.82) is 0 Å². The summed E-state index contributed by atoms with van der Waals surface area (Å²) in [6, 6.07) is 0. The van der Waals surface area contributed by atoms with Crippen LogP contribution in [0.25, 0.3) is 0 Å². The van der Waals surface area contributed by atoms with Gasteiger partial charge in [0.15, 0.2) is 6.10 Å². The molecule has 0 aromatic rings. The van der Waals surface area contributed by atoms with Crippen LogP contribution in [0.4, 0.5) is 0 Å². The Bertz CT molecular complexity index is 916. The fourth-order valence-corrected chi connectivity index (χ4v) is 7.91. The summed E-state index contributed by atoms with van der Waals surface area (Å²) < 4.78 is 16.8. The SMILES string of the molecule is CCC(C)CCCCCCCCCCCCCCCCC(=O)OC[C@H](COC(=O)CCCCCCCCCCC(C)C)OC(=O)CCCCCCCCCCCC(C)C. The molecule has 0 amide bonds.